The van der Waals surface area contributed by atoms with Crippen LogP contribution in [0.2, 0.25) is 0 Å². The molecule has 0 aromatic rings. The summed E-state index contributed by atoms with van der Waals surface area (Å²) < 4.78 is 41.4. The smallest absolute Gasteiger partial charge is 0.410 e. The van der Waals surface area contributed by atoms with Gasteiger partial charge in [-0.2, -0.15) is 5.26 Å². The number of hydrogen-bond donors (Lipinski definition) is 2. The van der Waals surface area contributed by atoms with Gasteiger partial charge in [0.25, 0.3) is 0 Å². The van der Waals surface area contributed by atoms with E-state index in [1.54, 1.807) is 0 Å². The lowest BCUT2D eigenvalue weighted by molar-refractivity contribution is -0.307. The number of ether oxygens (including phenoxy) is 1. The molecule has 5 nitrogen and oxygen atoms in total. The highest BCUT2D eigenvalue weighted by Crippen LogP contribution is 2.30. The molecule has 8 heteroatoms. The van der Waals surface area contributed by atoms with Gasteiger partial charge in [0.05, 0.1) is 17.9 Å². The van der Waals surface area contributed by atoms with Crippen molar-refractivity contribution < 1.29 is 22.7 Å². The highest BCUT2D eigenvalue weighted by atomic mass is 19.4. The van der Waals surface area contributed by atoms with Crippen LogP contribution >= 0.6 is 0 Å². The molecule has 0 unspecified atom stereocenters. The van der Waals surface area contributed by atoms with Gasteiger partial charge in [-0.15, -0.1) is 13.2 Å². The molecule has 2 N–H and O–H groups in total. The molecule has 2 atom stereocenters. The Morgan fingerprint density at radius 2 is 2.30 bits per heavy atom. The van der Waals surface area contributed by atoms with Gasteiger partial charge in [-0.3, -0.25) is 4.79 Å². The Bertz CT molecular complexity index is 543. The van der Waals surface area contributed by atoms with Gasteiger partial charge in [0.2, 0.25) is 5.91 Å². The number of alkyl halides is 3. The maximum atomic E-state index is 12.5. The zero-order valence-electron chi connectivity index (χ0n) is 12.4. The maximum Gasteiger partial charge on any atom is 0.572 e. The molecular weight excluding hydrogens is 311 g/mol. The van der Waals surface area contributed by atoms with E-state index in [4.69, 9.17) is 5.26 Å². The van der Waals surface area contributed by atoms with E-state index in [2.05, 4.69) is 15.4 Å². The number of hydrogen-bond acceptors (Lipinski definition) is 4. The number of allylic oxidation sites excluding steroid dienone is 2. The lowest BCUT2D eigenvalue weighted by Crippen LogP contribution is -2.41. The number of amides is 1. The molecule has 1 amide bonds. The Hall–Kier alpha value is -2.01. The molecule has 0 aromatic heterocycles. The van der Waals surface area contributed by atoms with E-state index in [-0.39, 0.29) is 36.1 Å². The van der Waals surface area contributed by atoms with E-state index in [1.807, 2.05) is 6.07 Å². The molecule has 126 valence electrons. The quantitative estimate of drug-likeness (QED) is 0.827. The molecule has 0 spiro atoms. The lowest BCUT2D eigenvalue weighted by Gasteiger charge is -2.24. The zero-order chi connectivity index (χ0) is 16.9. The van der Waals surface area contributed by atoms with Crippen molar-refractivity contribution in [1.82, 2.24) is 10.6 Å². The summed E-state index contributed by atoms with van der Waals surface area (Å²) >= 11 is 0. The van der Waals surface area contributed by atoms with E-state index >= 15 is 0 Å². The second kappa shape index (κ2) is 7.51. The molecule has 1 saturated heterocycles. The van der Waals surface area contributed by atoms with Crippen molar-refractivity contribution in [2.45, 2.75) is 25.6 Å². The zero-order valence-corrected chi connectivity index (χ0v) is 12.4. The van der Waals surface area contributed by atoms with Gasteiger partial charge < -0.3 is 15.4 Å². The van der Waals surface area contributed by atoms with Crippen LogP contribution in [-0.2, 0) is 9.53 Å². The largest absolute Gasteiger partial charge is 0.572 e. The summed E-state index contributed by atoms with van der Waals surface area (Å²) in [4.78, 5) is 12.0. The number of piperidine rings is 1. The molecular formula is C15H18F3N3O2. The molecule has 0 radical (unpaired) electrons. The van der Waals surface area contributed by atoms with Gasteiger partial charge in [-0.05, 0) is 19.4 Å². The fourth-order valence-electron chi connectivity index (χ4n) is 2.62. The second-order valence-corrected chi connectivity index (χ2v) is 5.56. The third kappa shape index (κ3) is 5.28. The van der Waals surface area contributed by atoms with E-state index < -0.39 is 12.3 Å². The van der Waals surface area contributed by atoms with Crippen molar-refractivity contribution in [3.8, 4) is 6.07 Å². The minimum absolute atomic E-state index is 0.0462. The molecule has 0 saturated carbocycles. The fourth-order valence-corrected chi connectivity index (χ4v) is 2.62. The summed E-state index contributed by atoms with van der Waals surface area (Å²) in [5.41, 5.74) is 0.242. The van der Waals surface area contributed by atoms with Crippen molar-refractivity contribution in [2.75, 3.05) is 19.6 Å². The Morgan fingerprint density at radius 3 is 2.91 bits per heavy atom. The summed E-state index contributed by atoms with van der Waals surface area (Å²) in [6.07, 6.45) is -0.375. The minimum Gasteiger partial charge on any atom is -0.410 e. The molecule has 2 aliphatic rings. The summed E-state index contributed by atoms with van der Waals surface area (Å²) in [7, 11) is 0. The van der Waals surface area contributed by atoms with Gasteiger partial charge in [0.1, 0.15) is 5.76 Å². The molecule has 1 aliphatic heterocycles. The fraction of sp³-hybridized carbons (Fsp3) is 0.600. The van der Waals surface area contributed by atoms with Gasteiger partial charge >= 0.3 is 6.36 Å². The number of carbonyl (C=O) groups excluding carboxylic acids is 1. The first-order valence-corrected chi connectivity index (χ1v) is 7.43. The maximum absolute atomic E-state index is 12.5. The van der Waals surface area contributed by atoms with Crippen LogP contribution in [0.5, 0.6) is 0 Å². The minimum atomic E-state index is -4.82. The predicted octanol–water partition coefficient (Wildman–Crippen LogP) is 1.99. The lowest BCUT2D eigenvalue weighted by atomic mass is 9.95. The van der Waals surface area contributed by atoms with Crippen LogP contribution in [0.15, 0.2) is 23.5 Å². The molecule has 1 heterocycles. The van der Waals surface area contributed by atoms with Crippen LogP contribution in [0.3, 0.4) is 0 Å². The predicted molar refractivity (Wildman–Crippen MR) is 75.6 cm³/mol. The summed E-state index contributed by atoms with van der Waals surface area (Å²) in [6.45, 7) is 1.40. The molecule has 1 aliphatic carbocycles. The van der Waals surface area contributed by atoms with Crippen LogP contribution in [0, 0.1) is 23.2 Å². The molecule has 0 aromatic carbocycles. The molecule has 0 bridgehead atoms. The Morgan fingerprint density at radius 1 is 1.52 bits per heavy atom. The number of nitriles is 1. The first-order chi connectivity index (χ1) is 10.9. The number of halogens is 3. The molecule has 23 heavy (non-hydrogen) atoms. The van der Waals surface area contributed by atoms with E-state index in [9.17, 15) is 18.0 Å². The third-order valence-corrected chi connectivity index (χ3v) is 3.82. The molecule has 1 fully saturated rings. The summed E-state index contributed by atoms with van der Waals surface area (Å²) in [6, 6.07) is 1.89. The Labute approximate surface area is 132 Å². The monoisotopic (exact) mass is 329 g/mol. The van der Waals surface area contributed by atoms with Crippen LogP contribution < -0.4 is 10.6 Å². The number of rotatable bonds is 4. The van der Waals surface area contributed by atoms with Crippen LogP contribution in [-0.4, -0.2) is 31.9 Å². The average molecular weight is 329 g/mol. The topological polar surface area (TPSA) is 74.2 Å². The SMILES string of the molecule is N#C[C@@H]1C=CC(CNC(=O)[C@@H]2CCCNC2)=C(OC(F)(F)F)C1. The summed E-state index contributed by atoms with van der Waals surface area (Å²) in [5.74, 6) is -1.33. The van der Waals surface area contributed by atoms with Gasteiger partial charge in [-0.25, -0.2) is 0 Å². The van der Waals surface area contributed by atoms with E-state index in [1.165, 1.54) is 12.2 Å². The van der Waals surface area contributed by atoms with Crippen molar-refractivity contribution in [2.24, 2.45) is 11.8 Å². The van der Waals surface area contributed by atoms with Crippen molar-refractivity contribution in [1.29, 1.82) is 5.26 Å². The van der Waals surface area contributed by atoms with Crippen LogP contribution in [0.25, 0.3) is 0 Å². The first-order valence-electron chi connectivity index (χ1n) is 7.43. The Kier molecular flexibility index (Phi) is 5.66. The number of nitrogens with one attached hydrogen (secondary N) is 2. The highest BCUT2D eigenvalue weighted by molar-refractivity contribution is 5.79. The van der Waals surface area contributed by atoms with Crippen molar-refractivity contribution >= 4 is 5.91 Å². The Balaban J connectivity index is 2.00. The first kappa shape index (κ1) is 17.3. The third-order valence-electron chi connectivity index (χ3n) is 3.82. The van der Waals surface area contributed by atoms with Crippen LogP contribution in [0.4, 0.5) is 13.2 Å². The standard InChI is InChI=1S/C15H18F3N3O2/c16-15(17,18)23-13-6-10(7-19)3-4-11(13)9-21-14(22)12-2-1-5-20-8-12/h3-4,10,12,20H,1-2,5-6,8-9H2,(H,21,22)/t10-,12-/m1/s1. The van der Waals surface area contributed by atoms with Crippen LogP contribution in [0.1, 0.15) is 19.3 Å². The van der Waals surface area contributed by atoms with Gasteiger partial charge in [-0.1, -0.05) is 12.2 Å². The van der Waals surface area contributed by atoms with Crippen molar-refractivity contribution in [3.05, 3.63) is 23.5 Å². The van der Waals surface area contributed by atoms with Gasteiger partial charge in [0, 0.05) is 25.1 Å². The average Bonchev–Trinajstić information content (AvgIpc) is 2.52. The van der Waals surface area contributed by atoms with Gasteiger partial charge in [0.15, 0.2) is 0 Å². The number of nitrogens with zero attached hydrogens (tertiary/aromatic N) is 1. The van der Waals surface area contributed by atoms with Crippen molar-refractivity contribution in [3.63, 3.8) is 0 Å². The highest BCUT2D eigenvalue weighted by Gasteiger charge is 2.34. The van der Waals surface area contributed by atoms with E-state index in [0.29, 0.717) is 6.54 Å². The summed E-state index contributed by atoms with van der Waals surface area (Å²) in [5, 5.41) is 14.6. The normalized spacial score (nSPS) is 25.0. The molecule has 2 rings (SSSR count). The second-order valence-electron chi connectivity index (χ2n) is 5.56. The number of carbonyl (C=O) groups is 1. The van der Waals surface area contributed by atoms with E-state index in [0.717, 1.165) is 19.4 Å².